The second-order valence-electron chi connectivity index (χ2n) is 11.8. The highest BCUT2D eigenvalue weighted by Gasteiger charge is 2.34. The van der Waals surface area contributed by atoms with Gasteiger partial charge < -0.3 is 4.90 Å². The second kappa shape index (κ2) is 10.7. The van der Waals surface area contributed by atoms with Gasteiger partial charge in [-0.15, -0.1) is 11.3 Å². The Kier molecular flexibility index (Phi) is 7.25. The lowest BCUT2D eigenvalue weighted by molar-refractivity contribution is 0.0909. The third-order valence-electron chi connectivity index (χ3n) is 7.93. The molecule has 2 aromatic heterocycles. The summed E-state index contributed by atoms with van der Waals surface area (Å²) < 4.78 is 1.78. The van der Waals surface area contributed by atoms with Crippen molar-refractivity contribution in [2.45, 2.75) is 33.2 Å². The van der Waals surface area contributed by atoms with E-state index in [9.17, 15) is 9.59 Å². The maximum atomic E-state index is 14.3. The maximum Gasteiger partial charge on any atom is 0.265 e. The van der Waals surface area contributed by atoms with Gasteiger partial charge in [0, 0.05) is 72.1 Å². The number of fused-ring (bicyclic) bond motifs is 1. The monoisotopic (exact) mass is 572 g/mol. The molecule has 1 aliphatic carbocycles. The van der Waals surface area contributed by atoms with Crippen molar-refractivity contribution in [1.82, 2.24) is 19.4 Å². The quantitative estimate of drug-likeness (QED) is 0.286. The molecule has 6 nitrogen and oxygen atoms in total. The summed E-state index contributed by atoms with van der Waals surface area (Å²) in [6.07, 6.45) is 1.11. The van der Waals surface area contributed by atoms with Crippen molar-refractivity contribution in [3.63, 3.8) is 0 Å². The van der Waals surface area contributed by atoms with Gasteiger partial charge in [0.15, 0.2) is 5.78 Å². The SMILES string of the molecule is CN1CCN(Cc2cccc(-n3c4c(cc(-c5nc(-c6ccc(Cl)cc6)cs5)c3=O)C(=O)CC(C)(C)C4)c2)CC1. The van der Waals surface area contributed by atoms with Gasteiger partial charge in [-0.3, -0.25) is 19.1 Å². The number of thiazole rings is 1. The Labute approximate surface area is 243 Å². The zero-order valence-electron chi connectivity index (χ0n) is 23.1. The van der Waals surface area contributed by atoms with Crippen LogP contribution < -0.4 is 5.56 Å². The number of nitrogens with zero attached hydrogens (tertiary/aromatic N) is 4. The molecule has 8 heteroatoms. The highest BCUT2D eigenvalue weighted by Crippen LogP contribution is 2.37. The van der Waals surface area contributed by atoms with Gasteiger partial charge in [0.2, 0.25) is 0 Å². The van der Waals surface area contributed by atoms with E-state index in [1.54, 1.807) is 10.6 Å². The number of ketones is 1. The molecular formula is C32H33ClN4O2S. The Bertz CT molecular complexity index is 1630. The highest BCUT2D eigenvalue weighted by atomic mass is 35.5. The normalized spacial score (nSPS) is 17.6. The standard InChI is InChI=1S/C32H33ClN4O2S/c1-32(2)17-28-25(29(38)18-32)16-26(30-34-27(20-40-30)22-7-9-23(33)10-8-22)31(39)37(28)24-6-4-5-21(15-24)19-36-13-11-35(3)12-14-36/h4-10,15-16,20H,11-14,17-19H2,1-3H3. The highest BCUT2D eigenvalue weighted by molar-refractivity contribution is 7.13. The Morgan fingerprint density at radius 2 is 1.70 bits per heavy atom. The van der Waals surface area contributed by atoms with E-state index in [1.807, 2.05) is 41.8 Å². The summed E-state index contributed by atoms with van der Waals surface area (Å²) in [5.41, 5.74) is 5.19. The lowest BCUT2D eigenvalue weighted by Gasteiger charge is -2.33. The minimum atomic E-state index is -0.222. The largest absolute Gasteiger partial charge is 0.304 e. The first-order chi connectivity index (χ1) is 19.2. The fraction of sp³-hybridized carbons (Fsp3) is 0.344. The third-order valence-corrected chi connectivity index (χ3v) is 9.06. The number of benzene rings is 2. The number of carbonyl (C=O) groups excluding carboxylic acids is 1. The average molecular weight is 573 g/mol. The topological polar surface area (TPSA) is 58.4 Å². The predicted octanol–water partition coefficient (Wildman–Crippen LogP) is 6.18. The maximum absolute atomic E-state index is 14.3. The van der Waals surface area contributed by atoms with E-state index in [4.69, 9.17) is 16.6 Å². The fourth-order valence-corrected chi connectivity index (χ4v) is 6.71. The van der Waals surface area contributed by atoms with Crippen LogP contribution in [-0.2, 0) is 13.0 Å². The van der Waals surface area contributed by atoms with E-state index in [0.717, 1.165) is 60.9 Å². The van der Waals surface area contributed by atoms with Crippen LogP contribution in [0.15, 0.2) is 64.8 Å². The third kappa shape index (κ3) is 5.44. The lowest BCUT2D eigenvalue weighted by atomic mass is 9.75. The van der Waals surface area contributed by atoms with Crippen LogP contribution in [-0.4, -0.2) is 58.4 Å². The van der Waals surface area contributed by atoms with Crippen LogP contribution in [0.5, 0.6) is 0 Å². The molecule has 206 valence electrons. The average Bonchev–Trinajstić information content (AvgIpc) is 3.40. The number of hydrogen-bond donors (Lipinski definition) is 0. The molecule has 3 heterocycles. The molecule has 2 aliphatic rings. The summed E-state index contributed by atoms with van der Waals surface area (Å²) >= 11 is 7.49. The van der Waals surface area contributed by atoms with Crippen molar-refractivity contribution in [2.75, 3.05) is 33.2 Å². The molecule has 2 aromatic carbocycles. The minimum absolute atomic E-state index is 0.0734. The number of likely N-dealkylation sites (N-methyl/N-ethyl adjacent to an activating group) is 1. The van der Waals surface area contributed by atoms with Crippen molar-refractivity contribution in [1.29, 1.82) is 0 Å². The number of piperazine rings is 1. The van der Waals surface area contributed by atoms with Gasteiger partial charge >= 0.3 is 0 Å². The molecule has 1 aliphatic heterocycles. The zero-order valence-corrected chi connectivity index (χ0v) is 24.7. The Hall–Kier alpha value is -3.10. The van der Waals surface area contributed by atoms with E-state index < -0.39 is 0 Å². The summed E-state index contributed by atoms with van der Waals surface area (Å²) in [6.45, 7) is 9.18. The van der Waals surface area contributed by atoms with Crippen LogP contribution >= 0.6 is 22.9 Å². The summed E-state index contributed by atoms with van der Waals surface area (Å²) in [6, 6.07) is 17.5. The van der Waals surface area contributed by atoms with Gasteiger partial charge in [-0.2, -0.15) is 0 Å². The minimum Gasteiger partial charge on any atom is -0.304 e. The second-order valence-corrected chi connectivity index (χ2v) is 13.1. The van der Waals surface area contributed by atoms with Gasteiger partial charge in [0.05, 0.1) is 11.3 Å². The van der Waals surface area contributed by atoms with E-state index >= 15 is 0 Å². The summed E-state index contributed by atoms with van der Waals surface area (Å²) in [7, 11) is 2.16. The molecule has 40 heavy (non-hydrogen) atoms. The summed E-state index contributed by atoms with van der Waals surface area (Å²) in [4.78, 5) is 37.3. The molecule has 0 amide bonds. The number of aromatic nitrogens is 2. The lowest BCUT2D eigenvalue weighted by Crippen LogP contribution is -2.43. The number of hydrogen-bond acceptors (Lipinski definition) is 6. The number of rotatable bonds is 5. The van der Waals surface area contributed by atoms with Crippen LogP contribution in [0.25, 0.3) is 27.5 Å². The van der Waals surface area contributed by atoms with Crippen LogP contribution in [0.1, 0.15) is 41.9 Å². The van der Waals surface area contributed by atoms with E-state index in [1.165, 1.54) is 11.3 Å². The molecule has 4 aromatic rings. The fourth-order valence-electron chi connectivity index (χ4n) is 5.75. The zero-order chi connectivity index (χ0) is 28.0. The first-order valence-corrected chi connectivity index (χ1v) is 15.0. The molecule has 1 fully saturated rings. The van der Waals surface area contributed by atoms with Crippen LogP contribution in [0, 0.1) is 5.41 Å². The van der Waals surface area contributed by atoms with E-state index in [0.29, 0.717) is 34.0 Å². The molecule has 0 saturated carbocycles. The molecule has 1 saturated heterocycles. The summed E-state index contributed by atoms with van der Waals surface area (Å²) in [5, 5.41) is 3.22. The number of pyridine rings is 1. The first-order valence-electron chi connectivity index (χ1n) is 13.7. The van der Waals surface area contributed by atoms with E-state index in [2.05, 4.69) is 42.8 Å². The Morgan fingerprint density at radius 3 is 2.45 bits per heavy atom. The molecule has 0 unspecified atom stereocenters. The van der Waals surface area contributed by atoms with Gasteiger partial charge in [-0.1, -0.05) is 49.7 Å². The Morgan fingerprint density at radius 1 is 0.950 bits per heavy atom. The first kappa shape index (κ1) is 27.1. The van der Waals surface area contributed by atoms with Crippen molar-refractivity contribution < 1.29 is 4.79 Å². The molecule has 0 spiro atoms. The number of halogens is 1. The molecule has 0 atom stereocenters. The van der Waals surface area contributed by atoms with Gasteiger partial charge in [0.1, 0.15) is 5.01 Å². The predicted molar refractivity (Wildman–Crippen MR) is 163 cm³/mol. The molecule has 0 radical (unpaired) electrons. The van der Waals surface area contributed by atoms with Gasteiger partial charge in [-0.05, 0) is 54.8 Å². The molecular weight excluding hydrogens is 540 g/mol. The van der Waals surface area contributed by atoms with Crippen molar-refractivity contribution in [2.24, 2.45) is 5.41 Å². The molecule has 6 rings (SSSR count). The van der Waals surface area contributed by atoms with Crippen LogP contribution in [0.4, 0.5) is 0 Å². The molecule has 0 N–H and O–H groups in total. The van der Waals surface area contributed by atoms with E-state index in [-0.39, 0.29) is 16.8 Å². The number of carbonyl (C=O) groups is 1. The van der Waals surface area contributed by atoms with Crippen molar-refractivity contribution in [3.8, 4) is 27.5 Å². The van der Waals surface area contributed by atoms with Crippen LogP contribution in [0.3, 0.4) is 0 Å². The molecule has 0 bridgehead atoms. The smallest absolute Gasteiger partial charge is 0.265 e. The van der Waals surface area contributed by atoms with Gasteiger partial charge in [-0.25, -0.2) is 4.98 Å². The van der Waals surface area contributed by atoms with Crippen molar-refractivity contribution in [3.05, 3.63) is 92.2 Å². The van der Waals surface area contributed by atoms with Crippen LogP contribution in [0.2, 0.25) is 5.02 Å². The Balaban J connectivity index is 1.45. The summed E-state index contributed by atoms with van der Waals surface area (Å²) in [5.74, 6) is 0.0734. The van der Waals surface area contributed by atoms with Gasteiger partial charge in [0.25, 0.3) is 5.56 Å². The number of Topliss-reactive ketones (excluding diaryl/α,β-unsaturated/α-hetero) is 1. The van der Waals surface area contributed by atoms with Crippen molar-refractivity contribution >= 4 is 28.7 Å².